The Morgan fingerprint density at radius 3 is 2.47 bits per heavy atom. The Kier molecular flexibility index (Phi) is 7.12. The molecule has 0 bridgehead atoms. The molecule has 1 amide bonds. The Hall–Kier alpha value is -2.83. The summed E-state index contributed by atoms with van der Waals surface area (Å²) < 4.78 is 11.2. The maximum Gasteiger partial charge on any atom is 0.264 e. The number of hydrogen-bond acceptors (Lipinski definition) is 5. The number of aryl methyl sites for hydroxylation is 1. The summed E-state index contributed by atoms with van der Waals surface area (Å²) in [5.74, 6) is 1.90. The Bertz CT molecular complexity index is 1050. The summed E-state index contributed by atoms with van der Waals surface area (Å²) in [6.07, 6.45) is 0. The third kappa shape index (κ3) is 5.31. The van der Waals surface area contributed by atoms with Gasteiger partial charge >= 0.3 is 0 Å². The topological polar surface area (TPSA) is 42.0 Å². The van der Waals surface area contributed by atoms with Crippen molar-refractivity contribution in [3.05, 3.63) is 81.0 Å². The van der Waals surface area contributed by atoms with Crippen molar-refractivity contribution in [3.63, 3.8) is 0 Å². The van der Waals surface area contributed by atoms with Gasteiger partial charge < -0.3 is 14.4 Å². The number of carbonyl (C=O) groups excluding carboxylic acids is 1. The summed E-state index contributed by atoms with van der Waals surface area (Å²) in [4.78, 5) is 18.1. The maximum absolute atomic E-state index is 13.0. The number of ether oxygens (including phenoxy) is 2. The van der Waals surface area contributed by atoms with E-state index in [0.717, 1.165) is 60.2 Å². The van der Waals surface area contributed by atoms with Gasteiger partial charge in [-0.15, -0.1) is 11.3 Å². The van der Waals surface area contributed by atoms with Crippen molar-refractivity contribution in [2.45, 2.75) is 27.0 Å². The third-order valence-electron chi connectivity index (χ3n) is 6.04. The number of piperazine rings is 1. The van der Waals surface area contributed by atoms with Crippen LogP contribution in [0.3, 0.4) is 0 Å². The molecule has 5 nitrogen and oxygen atoms in total. The molecule has 0 radical (unpaired) electrons. The monoisotopic (exact) mass is 450 g/mol. The summed E-state index contributed by atoms with van der Waals surface area (Å²) in [5, 5.41) is 2.03. The molecule has 1 aliphatic rings. The molecule has 0 saturated carbocycles. The molecule has 4 rings (SSSR count). The normalized spacial score (nSPS) is 14.4. The highest BCUT2D eigenvalue weighted by atomic mass is 32.1. The summed E-state index contributed by atoms with van der Waals surface area (Å²) in [7, 11) is 1.68. The molecular weight excluding hydrogens is 420 g/mol. The summed E-state index contributed by atoms with van der Waals surface area (Å²) >= 11 is 1.50. The highest BCUT2D eigenvalue weighted by Gasteiger charge is 2.23. The number of rotatable bonds is 7. The van der Waals surface area contributed by atoms with E-state index in [-0.39, 0.29) is 5.91 Å². The van der Waals surface area contributed by atoms with E-state index in [1.807, 2.05) is 40.6 Å². The van der Waals surface area contributed by atoms with Gasteiger partial charge in [0, 0.05) is 38.3 Å². The van der Waals surface area contributed by atoms with Crippen LogP contribution in [0.15, 0.2) is 53.9 Å². The summed E-state index contributed by atoms with van der Waals surface area (Å²) in [6, 6.07) is 16.2. The lowest BCUT2D eigenvalue weighted by atomic mass is 10.1. The predicted octanol–water partition coefficient (Wildman–Crippen LogP) is 4.91. The Morgan fingerprint density at radius 2 is 1.75 bits per heavy atom. The zero-order chi connectivity index (χ0) is 22.5. The second-order valence-electron chi connectivity index (χ2n) is 8.22. The first-order valence-corrected chi connectivity index (χ1v) is 11.8. The van der Waals surface area contributed by atoms with Gasteiger partial charge in [0.25, 0.3) is 5.91 Å². The van der Waals surface area contributed by atoms with E-state index in [9.17, 15) is 4.79 Å². The third-order valence-corrected chi connectivity index (χ3v) is 7.01. The fourth-order valence-electron chi connectivity index (χ4n) is 3.86. The lowest BCUT2D eigenvalue weighted by Crippen LogP contribution is -2.48. The van der Waals surface area contributed by atoms with Crippen LogP contribution in [0.4, 0.5) is 0 Å². The van der Waals surface area contributed by atoms with Gasteiger partial charge in [-0.1, -0.05) is 24.3 Å². The van der Waals surface area contributed by atoms with E-state index in [1.54, 1.807) is 7.11 Å². The number of carbonyl (C=O) groups is 1. The molecule has 1 fully saturated rings. The van der Waals surface area contributed by atoms with Crippen LogP contribution in [0, 0.1) is 13.8 Å². The first kappa shape index (κ1) is 22.4. The fourth-order valence-corrected chi connectivity index (χ4v) is 4.72. The fraction of sp³-hybridized carbons (Fsp3) is 0.346. The van der Waals surface area contributed by atoms with E-state index < -0.39 is 0 Å². The standard InChI is InChI=1S/C26H30N2O3S/c1-19-5-4-6-24(20(19)2)31-17-22-15-25(32-18-22)26(29)28-13-11-27(12-14-28)16-21-7-9-23(30-3)10-8-21/h4-10,15,18H,11-14,16-17H2,1-3H3. The molecule has 32 heavy (non-hydrogen) atoms. The van der Waals surface area contributed by atoms with Crippen molar-refractivity contribution < 1.29 is 14.3 Å². The molecular formula is C26H30N2O3S. The zero-order valence-electron chi connectivity index (χ0n) is 19.0. The van der Waals surface area contributed by atoms with Gasteiger partial charge in [0.15, 0.2) is 0 Å². The van der Waals surface area contributed by atoms with Gasteiger partial charge in [0.2, 0.25) is 0 Å². The van der Waals surface area contributed by atoms with Gasteiger partial charge in [0.1, 0.15) is 18.1 Å². The largest absolute Gasteiger partial charge is 0.497 e. The minimum Gasteiger partial charge on any atom is -0.497 e. The van der Waals surface area contributed by atoms with Crippen LogP contribution in [0.1, 0.15) is 31.9 Å². The van der Waals surface area contributed by atoms with Crippen molar-refractivity contribution in [2.75, 3.05) is 33.3 Å². The summed E-state index contributed by atoms with van der Waals surface area (Å²) in [6.45, 7) is 8.79. The van der Waals surface area contributed by atoms with E-state index in [0.29, 0.717) is 6.61 Å². The van der Waals surface area contributed by atoms with E-state index in [1.165, 1.54) is 22.5 Å². The van der Waals surface area contributed by atoms with Crippen LogP contribution in [0.25, 0.3) is 0 Å². The van der Waals surface area contributed by atoms with Crippen molar-refractivity contribution >= 4 is 17.2 Å². The van der Waals surface area contributed by atoms with Gasteiger partial charge in [-0.05, 0) is 60.2 Å². The van der Waals surface area contributed by atoms with E-state index in [4.69, 9.17) is 9.47 Å². The highest BCUT2D eigenvalue weighted by Crippen LogP contribution is 2.24. The minimum absolute atomic E-state index is 0.122. The first-order valence-electron chi connectivity index (χ1n) is 10.9. The second-order valence-corrected chi connectivity index (χ2v) is 9.13. The maximum atomic E-state index is 13.0. The van der Waals surface area contributed by atoms with Gasteiger partial charge in [0.05, 0.1) is 12.0 Å². The van der Waals surface area contributed by atoms with Crippen molar-refractivity contribution in [1.82, 2.24) is 9.80 Å². The van der Waals surface area contributed by atoms with Crippen molar-refractivity contribution in [2.24, 2.45) is 0 Å². The Balaban J connectivity index is 1.28. The second kappa shape index (κ2) is 10.2. The number of thiophene rings is 1. The van der Waals surface area contributed by atoms with E-state index in [2.05, 4.69) is 36.9 Å². The van der Waals surface area contributed by atoms with Crippen LogP contribution in [0.5, 0.6) is 11.5 Å². The smallest absolute Gasteiger partial charge is 0.264 e. The van der Waals surface area contributed by atoms with Crippen molar-refractivity contribution in [1.29, 1.82) is 0 Å². The average molecular weight is 451 g/mol. The molecule has 2 aromatic carbocycles. The van der Waals surface area contributed by atoms with Crippen LogP contribution < -0.4 is 9.47 Å². The lowest BCUT2D eigenvalue weighted by Gasteiger charge is -2.34. The number of methoxy groups -OCH3 is 1. The SMILES string of the molecule is COc1ccc(CN2CCN(C(=O)c3cc(COc4cccc(C)c4C)cs3)CC2)cc1. The molecule has 6 heteroatoms. The van der Waals surface area contributed by atoms with Gasteiger partial charge in [-0.25, -0.2) is 0 Å². The molecule has 168 valence electrons. The quantitative estimate of drug-likeness (QED) is 0.513. The number of hydrogen-bond donors (Lipinski definition) is 0. The Labute approximate surface area is 194 Å². The number of benzene rings is 2. The highest BCUT2D eigenvalue weighted by molar-refractivity contribution is 7.12. The molecule has 1 aliphatic heterocycles. The molecule has 0 N–H and O–H groups in total. The molecule has 3 aromatic rings. The lowest BCUT2D eigenvalue weighted by molar-refractivity contribution is 0.0633. The van der Waals surface area contributed by atoms with Crippen LogP contribution in [0.2, 0.25) is 0 Å². The van der Waals surface area contributed by atoms with Gasteiger partial charge in [-0.2, -0.15) is 0 Å². The molecule has 0 aliphatic carbocycles. The molecule has 2 heterocycles. The number of nitrogens with zero attached hydrogens (tertiary/aromatic N) is 2. The van der Waals surface area contributed by atoms with Crippen LogP contribution in [-0.2, 0) is 13.2 Å². The first-order chi connectivity index (χ1) is 15.5. The van der Waals surface area contributed by atoms with Crippen molar-refractivity contribution in [3.8, 4) is 11.5 Å². The summed E-state index contributed by atoms with van der Waals surface area (Å²) in [5.41, 5.74) is 4.68. The van der Waals surface area contributed by atoms with E-state index >= 15 is 0 Å². The molecule has 1 saturated heterocycles. The molecule has 0 atom stereocenters. The molecule has 1 aromatic heterocycles. The molecule has 0 spiro atoms. The molecule has 0 unspecified atom stereocenters. The number of amides is 1. The minimum atomic E-state index is 0.122. The Morgan fingerprint density at radius 1 is 1.00 bits per heavy atom. The predicted molar refractivity (Wildman–Crippen MR) is 129 cm³/mol. The van der Waals surface area contributed by atoms with Crippen LogP contribution >= 0.6 is 11.3 Å². The average Bonchev–Trinajstić information content (AvgIpc) is 3.30. The van der Waals surface area contributed by atoms with Gasteiger partial charge in [-0.3, -0.25) is 9.69 Å². The van der Waals surface area contributed by atoms with Crippen LogP contribution in [-0.4, -0.2) is 49.0 Å². The zero-order valence-corrected chi connectivity index (χ0v) is 19.8.